The van der Waals surface area contributed by atoms with Crippen molar-refractivity contribution in [2.24, 2.45) is 5.92 Å². The number of H-pyrrole nitrogens is 1. The maximum Gasteiger partial charge on any atom is 0.317 e. The van der Waals surface area contributed by atoms with E-state index >= 15 is 0 Å². The molecule has 0 unspecified atom stereocenters. The zero-order chi connectivity index (χ0) is 20.7. The number of carbonyl (C=O) groups excluding carboxylic acids is 1. The van der Waals surface area contributed by atoms with Crippen LogP contribution in [-0.4, -0.2) is 27.1 Å². The number of carboxylic acids is 1. The van der Waals surface area contributed by atoms with Gasteiger partial charge in [0.05, 0.1) is 10.9 Å². The van der Waals surface area contributed by atoms with E-state index < -0.39 is 28.9 Å². The summed E-state index contributed by atoms with van der Waals surface area (Å²) in [6.45, 7) is 1.93. The van der Waals surface area contributed by atoms with Crippen molar-refractivity contribution in [2.75, 3.05) is 0 Å². The van der Waals surface area contributed by atoms with E-state index in [1.54, 1.807) is 0 Å². The lowest BCUT2D eigenvalue weighted by Crippen LogP contribution is -2.39. The molecule has 148 valence electrons. The topological polar surface area (TPSA) is 87.2 Å². The van der Waals surface area contributed by atoms with Gasteiger partial charge in [0, 0.05) is 16.4 Å². The Morgan fingerprint density at radius 1 is 1.07 bits per heavy atom. The summed E-state index contributed by atoms with van der Waals surface area (Å²) in [5.41, 5.74) is 2.03. The molecule has 8 heteroatoms. The Balaban J connectivity index is 1.90. The summed E-state index contributed by atoms with van der Waals surface area (Å²) in [6.07, 6.45) is 0. The van der Waals surface area contributed by atoms with Crippen molar-refractivity contribution < 1.29 is 19.1 Å². The quantitative estimate of drug-likeness (QED) is 0.611. The highest BCUT2D eigenvalue weighted by Gasteiger charge is 2.47. The van der Waals surface area contributed by atoms with E-state index in [0.717, 1.165) is 34.2 Å². The molecule has 0 saturated heterocycles. The Morgan fingerprint density at radius 3 is 2.34 bits per heavy atom. The van der Waals surface area contributed by atoms with Gasteiger partial charge < -0.3 is 10.1 Å². The van der Waals surface area contributed by atoms with E-state index in [1.807, 2.05) is 31.2 Å². The molecule has 0 aliphatic carbocycles. The first-order valence-corrected chi connectivity index (χ1v) is 10.5. The van der Waals surface area contributed by atoms with Gasteiger partial charge in [-0.05, 0) is 36.8 Å². The third kappa shape index (κ3) is 3.65. The first-order valence-electron chi connectivity index (χ1n) is 8.84. The van der Waals surface area contributed by atoms with Gasteiger partial charge >= 0.3 is 10.8 Å². The molecule has 3 aromatic rings. The molecule has 0 amide bonds. The van der Waals surface area contributed by atoms with Crippen LogP contribution < -0.4 is 4.87 Å². The van der Waals surface area contributed by atoms with Gasteiger partial charge in [0.25, 0.3) is 0 Å². The molecule has 4 rings (SSSR count). The lowest BCUT2D eigenvalue weighted by atomic mass is 9.77. The lowest BCUT2D eigenvalue weighted by Gasteiger charge is -2.34. The van der Waals surface area contributed by atoms with Gasteiger partial charge in [0.2, 0.25) is 0 Å². The third-order valence-corrected chi connectivity index (χ3v) is 7.37. The van der Waals surface area contributed by atoms with Crippen LogP contribution in [0.25, 0.3) is 0 Å². The predicted molar refractivity (Wildman–Crippen MR) is 109 cm³/mol. The fraction of sp³-hybridized carbons (Fsp3) is 0.190. The second-order valence-electron chi connectivity index (χ2n) is 6.87. The van der Waals surface area contributed by atoms with Crippen LogP contribution in [0.2, 0.25) is 0 Å². The summed E-state index contributed by atoms with van der Waals surface area (Å²) in [7, 11) is 0. The van der Waals surface area contributed by atoms with Gasteiger partial charge in [-0.15, -0.1) is 0 Å². The first-order chi connectivity index (χ1) is 13.8. The van der Waals surface area contributed by atoms with Crippen molar-refractivity contribution in [3.8, 4) is 0 Å². The number of aromatic amines is 1. The number of rotatable bonds is 4. The standard InChI is InChI=1S/C21H16FNO4S2/c1-10-2-4-11(5-3-10)14-15(16(24)12-6-8-13(22)9-7-12)18(20(25)26)28-19-17(14)29-21(27)23-19/h2-9,14-15,18H,1H3,(H,23,27)(H,25,26)/t14-,15+,18-/m0/s1. The summed E-state index contributed by atoms with van der Waals surface area (Å²) < 4.78 is 13.3. The molecule has 2 N–H and O–H groups in total. The van der Waals surface area contributed by atoms with Gasteiger partial charge in [-0.1, -0.05) is 52.9 Å². The summed E-state index contributed by atoms with van der Waals surface area (Å²) in [6, 6.07) is 12.6. The van der Waals surface area contributed by atoms with Crippen molar-refractivity contribution >= 4 is 34.9 Å². The average Bonchev–Trinajstić information content (AvgIpc) is 3.07. The second-order valence-corrected chi connectivity index (χ2v) is 9.04. The van der Waals surface area contributed by atoms with E-state index in [4.69, 9.17) is 0 Å². The number of fused-ring (bicyclic) bond motifs is 1. The maximum atomic E-state index is 13.4. The molecule has 0 fully saturated rings. The molecule has 1 aromatic heterocycles. The zero-order valence-electron chi connectivity index (χ0n) is 15.2. The third-order valence-electron chi connectivity index (χ3n) is 4.97. The van der Waals surface area contributed by atoms with Crippen LogP contribution in [0, 0.1) is 18.7 Å². The molecule has 5 nitrogen and oxygen atoms in total. The van der Waals surface area contributed by atoms with Crippen LogP contribution >= 0.6 is 23.1 Å². The number of carbonyl (C=O) groups is 2. The van der Waals surface area contributed by atoms with E-state index in [2.05, 4.69) is 4.98 Å². The number of benzene rings is 2. The average molecular weight is 429 g/mol. The van der Waals surface area contributed by atoms with Gasteiger partial charge in [0.15, 0.2) is 5.78 Å². The van der Waals surface area contributed by atoms with Crippen LogP contribution in [0.1, 0.15) is 32.3 Å². The summed E-state index contributed by atoms with van der Waals surface area (Å²) >= 11 is 1.97. The van der Waals surface area contributed by atoms with Crippen LogP contribution in [0.3, 0.4) is 0 Å². The molecule has 2 aromatic carbocycles. The number of nitrogens with one attached hydrogen (secondary N) is 1. The molecule has 1 aliphatic heterocycles. The van der Waals surface area contributed by atoms with Crippen molar-refractivity contribution in [2.45, 2.75) is 23.1 Å². The lowest BCUT2D eigenvalue weighted by molar-refractivity contribution is -0.137. The molecule has 1 aliphatic rings. The predicted octanol–water partition coefficient (Wildman–Crippen LogP) is 4.07. The van der Waals surface area contributed by atoms with Gasteiger partial charge in [-0.3, -0.25) is 14.4 Å². The number of hydrogen-bond acceptors (Lipinski definition) is 5. The Morgan fingerprint density at radius 2 is 1.72 bits per heavy atom. The molecular weight excluding hydrogens is 413 g/mol. The number of thioether (sulfide) groups is 1. The van der Waals surface area contributed by atoms with E-state index in [0.29, 0.717) is 9.90 Å². The first kappa shape index (κ1) is 19.6. The minimum atomic E-state index is -1.13. The number of Topliss-reactive ketones (excluding diaryl/α,β-unsaturated/α-hetero) is 1. The number of aliphatic carboxylic acids is 1. The minimum absolute atomic E-state index is 0.242. The van der Waals surface area contributed by atoms with E-state index in [1.165, 1.54) is 24.3 Å². The largest absolute Gasteiger partial charge is 0.480 e. The molecule has 0 bridgehead atoms. The Bertz CT molecular complexity index is 1130. The number of hydrogen-bond donors (Lipinski definition) is 2. The Labute approximate surface area is 173 Å². The summed E-state index contributed by atoms with van der Waals surface area (Å²) in [4.78, 5) is 40.6. The number of halogens is 1. The van der Waals surface area contributed by atoms with Gasteiger partial charge in [-0.2, -0.15) is 0 Å². The molecule has 2 heterocycles. The highest BCUT2D eigenvalue weighted by Crippen LogP contribution is 2.50. The van der Waals surface area contributed by atoms with Crippen molar-refractivity contribution in [1.29, 1.82) is 0 Å². The van der Waals surface area contributed by atoms with Crippen LogP contribution in [0.4, 0.5) is 4.39 Å². The van der Waals surface area contributed by atoms with Gasteiger partial charge in [0.1, 0.15) is 11.1 Å². The molecular formula is C21H16FNO4S2. The van der Waals surface area contributed by atoms with Crippen LogP contribution in [0.15, 0.2) is 58.4 Å². The number of ketones is 1. The Hall–Kier alpha value is -2.71. The van der Waals surface area contributed by atoms with E-state index in [-0.39, 0.29) is 16.2 Å². The van der Waals surface area contributed by atoms with E-state index in [9.17, 15) is 23.9 Å². The second kappa shape index (κ2) is 7.61. The smallest absolute Gasteiger partial charge is 0.317 e. The van der Waals surface area contributed by atoms with Crippen LogP contribution in [0.5, 0.6) is 0 Å². The SMILES string of the molecule is Cc1ccc([C@@H]2c3sc(=O)[nH]c3S[C@H](C(=O)O)[C@H]2C(=O)c2ccc(F)cc2)cc1. The summed E-state index contributed by atoms with van der Waals surface area (Å²) in [5, 5.41) is 9.27. The highest BCUT2D eigenvalue weighted by molar-refractivity contribution is 8.00. The zero-order valence-corrected chi connectivity index (χ0v) is 16.9. The fourth-order valence-electron chi connectivity index (χ4n) is 3.59. The van der Waals surface area contributed by atoms with Gasteiger partial charge in [-0.25, -0.2) is 4.39 Å². The molecule has 29 heavy (non-hydrogen) atoms. The molecule has 0 radical (unpaired) electrons. The maximum absolute atomic E-state index is 13.4. The minimum Gasteiger partial charge on any atom is -0.480 e. The van der Waals surface area contributed by atoms with Crippen LogP contribution in [-0.2, 0) is 4.79 Å². The van der Waals surface area contributed by atoms with Crippen molar-refractivity contribution in [1.82, 2.24) is 4.98 Å². The number of aryl methyl sites for hydroxylation is 1. The number of carboxylic acid groups (broad SMARTS) is 1. The normalized spacial score (nSPS) is 20.8. The number of thiazole rings is 1. The fourth-order valence-corrected chi connectivity index (χ4v) is 6.01. The van der Waals surface area contributed by atoms with Crippen molar-refractivity contribution in [3.63, 3.8) is 0 Å². The van der Waals surface area contributed by atoms with Crippen molar-refractivity contribution in [3.05, 3.63) is 85.6 Å². The number of aromatic nitrogens is 1. The monoisotopic (exact) mass is 429 g/mol. The molecule has 0 saturated carbocycles. The highest BCUT2D eigenvalue weighted by atomic mass is 32.2. The Kier molecular flexibility index (Phi) is 5.14. The summed E-state index contributed by atoms with van der Waals surface area (Å²) in [5.74, 6) is -3.53. The molecule has 0 spiro atoms. The molecule has 3 atom stereocenters.